The van der Waals surface area contributed by atoms with Gasteiger partial charge in [-0.1, -0.05) is 23.7 Å². The summed E-state index contributed by atoms with van der Waals surface area (Å²) >= 11 is 5.80. The van der Waals surface area contributed by atoms with E-state index in [1.54, 1.807) is 12.3 Å². The van der Waals surface area contributed by atoms with Crippen LogP contribution in [-0.2, 0) is 6.42 Å². The van der Waals surface area contributed by atoms with E-state index in [1.165, 1.54) is 31.5 Å². The summed E-state index contributed by atoms with van der Waals surface area (Å²) in [5.74, 6) is -0.184. The lowest BCUT2D eigenvalue weighted by atomic mass is 10.1. The second kappa shape index (κ2) is 6.99. The van der Waals surface area contributed by atoms with Crippen LogP contribution in [-0.4, -0.2) is 35.4 Å². The molecular formula is C17H20ClN3O. The Bertz CT molecular complexity index is 630. The van der Waals surface area contributed by atoms with E-state index in [0.717, 1.165) is 18.7 Å². The van der Waals surface area contributed by atoms with Crippen LogP contribution in [0.4, 0.5) is 5.69 Å². The maximum atomic E-state index is 12.0. The summed E-state index contributed by atoms with van der Waals surface area (Å²) in [4.78, 5) is 17.3. The van der Waals surface area contributed by atoms with Crippen LogP contribution < -0.4 is 5.32 Å². The molecule has 116 valence electrons. The largest absolute Gasteiger partial charge is 0.356 e. The van der Waals surface area contributed by atoms with Crippen LogP contribution in [0.2, 0.25) is 5.02 Å². The molecule has 4 nitrogen and oxygen atoms in total. The SMILES string of the molecule is O=C(Nc1ccc(CCN2CCCC2)cc1)c1cc(Cl)c[nH]1. The summed E-state index contributed by atoms with van der Waals surface area (Å²) in [5, 5.41) is 3.39. The number of aromatic amines is 1. The van der Waals surface area contributed by atoms with Gasteiger partial charge in [0, 0.05) is 18.4 Å². The molecule has 1 aliphatic heterocycles. The number of carbonyl (C=O) groups is 1. The first-order chi connectivity index (χ1) is 10.7. The number of likely N-dealkylation sites (tertiary alicyclic amines) is 1. The molecule has 3 rings (SSSR count). The molecule has 1 saturated heterocycles. The number of halogens is 1. The van der Waals surface area contributed by atoms with Crippen molar-refractivity contribution in [3.63, 3.8) is 0 Å². The van der Waals surface area contributed by atoms with E-state index in [9.17, 15) is 4.79 Å². The van der Waals surface area contributed by atoms with Gasteiger partial charge in [-0.2, -0.15) is 0 Å². The summed E-state index contributed by atoms with van der Waals surface area (Å²) in [6.07, 6.45) is 5.31. The third-order valence-corrected chi connectivity index (χ3v) is 4.24. The van der Waals surface area contributed by atoms with Gasteiger partial charge in [-0.05, 0) is 56.1 Å². The van der Waals surface area contributed by atoms with E-state index in [-0.39, 0.29) is 5.91 Å². The average molecular weight is 318 g/mol. The zero-order valence-corrected chi connectivity index (χ0v) is 13.2. The van der Waals surface area contributed by atoms with E-state index in [4.69, 9.17) is 11.6 Å². The zero-order chi connectivity index (χ0) is 15.4. The molecule has 0 saturated carbocycles. The first kappa shape index (κ1) is 15.1. The minimum Gasteiger partial charge on any atom is -0.356 e. The van der Waals surface area contributed by atoms with Gasteiger partial charge in [0.15, 0.2) is 0 Å². The molecule has 0 spiro atoms. The number of hydrogen-bond donors (Lipinski definition) is 2. The highest BCUT2D eigenvalue weighted by molar-refractivity contribution is 6.31. The minimum atomic E-state index is -0.184. The lowest BCUT2D eigenvalue weighted by Crippen LogP contribution is -2.21. The minimum absolute atomic E-state index is 0.184. The molecule has 22 heavy (non-hydrogen) atoms. The Hall–Kier alpha value is -1.78. The summed E-state index contributed by atoms with van der Waals surface area (Å²) < 4.78 is 0. The number of amides is 1. The van der Waals surface area contributed by atoms with Crippen LogP contribution in [0.25, 0.3) is 0 Å². The van der Waals surface area contributed by atoms with Gasteiger partial charge in [-0.3, -0.25) is 4.79 Å². The van der Waals surface area contributed by atoms with Crippen molar-refractivity contribution in [2.75, 3.05) is 25.0 Å². The number of anilines is 1. The van der Waals surface area contributed by atoms with Crippen molar-refractivity contribution in [1.29, 1.82) is 0 Å². The third kappa shape index (κ3) is 3.90. The van der Waals surface area contributed by atoms with Crippen LogP contribution in [0.5, 0.6) is 0 Å². The van der Waals surface area contributed by atoms with Crippen molar-refractivity contribution in [3.05, 3.63) is 52.8 Å². The van der Waals surface area contributed by atoms with Gasteiger partial charge in [-0.25, -0.2) is 0 Å². The van der Waals surface area contributed by atoms with E-state index in [2.05, 4.69) is 27.3 Å². The highest BCUT2D eigenvalue weighted by Crippen LogP contribution is 2.15. The van der Waals surface area contributed by atoms with Crippen LogP contribution in [0, 0.1) is 0 Å². The standard InChI is InChI=1S/C17H20ClN3O/c18-14-11-16(19-12-14)17(22)20-15-5-3-13(4-6-15)7-10-21-8-1-2-9-21/h3-6,11-12,19H,1-2,7-10H2,(H,20,22). The van der Waals surface area contributed by atoms with E-state index in [1.807, 2.05) is 12.1 Å². The molecule has 0 radical (unpaired) electrons. The summed E-state index contributed by atoms with van der Waals surface area (Å²) in [6.45, 7) is 3.58. The molecule has 5 heteroatoms. The topological polar surface area (TPSA) is 48.1 Å². The molecule has 2 heterocycles. The number of carbonyl (C=O) groups excluding carboxylic acids is 1. The molecule has 0 atom stereocenters. The number of nitrogens with zero attached hydrogens (tertiary/aromatic N) is 1. The van der Waals surface area contributed by atoms with Crippen molar-refractivity contribution in [3.8, 4) is 0 Å². The highest BCUT2D eigenvalue weighted by atomic mass is 35.5. The average Bonchev–Trinajstić information content (AvgIpc) is 3.18. The van der Waals surface area contributed by atoms with Crippen LogP contribution in [0.3, 0.4) is 0 Å². The number of nitrogens with one attached hydrogen (secondary N) is 2. The molecule has 1 aliphatic rings. The summed E-state index contributed by atoms with van der Waals surface area (Å²) in [6, 6.07) is 9.66. The number of benzene rings is 1. The number of hydrogen-bond acceptors (Lipinski definition) is 2. The van der Waals surface area contributed by atoms with Crippen LogP contribution in [0.15, 0.2) is 36.5 Å². The molecule has 0 aliphatic carbocycles. The second-order valence-electron chi connectivity index (χ2n) is 5.68. The summed E-state index contributed by atoms with van der Waals surface area (Å²) in [5.41, 5.74) is 2.55. The Labute approximate surface area is 135 Å². The number of aromatic nitrogens is 1. The Morgan fingerprint density at radius 2 is 1.95 bits per heavy atom. The van der Waals surface area contributed by atoms with E-state index < -0.39 is 0 Å². The van der Waals surface area contributed by atoms with Crippen molar-refractivity contribution in [2.24, 2.45) is 0 Å². The first-order valence-electron chi connectivity index (χ1n) is 7.67. The smallest absolute Gasteiger partial charge is 0.272 e. The highest BCUT2D eigenvalue weighted by Gasteiger charge is 2.11. The molecule has 1 amide bonds. The lowest BCUT2D eigenvalue weighted by molar-refractivity contribution is 0.102. The normalized spacial score (nSPS) is 15.1. The van der Waals surface area contributed by atoms with Crippen LogP contribution in [0.1, 0.15) is 28.9 Å². The quantitative estimate of drug-likeness (QED) is 0.886. The first-order valence-corrected chi connectivity index (χ1v) is 8.05. The van der Waals surface area contributed by atoms with Crippen molar-refractivity contribution >= 4 is 23.2 Å². The van der Waals surface area contributed by atoms with Gasteiger partial charge in [0.2, 0.25) is 0 Å². The van der Waals surface area contributed by atoms with Crippen molar-refractivity contribution in [1.82, 2.24) is 9.88 Å². The van der Waals surface area contributed by atoms with Gasteiger partial charge >= 0.3 is 0 Å². The fraction of sp³-hybridized carbons (Fsp3) is 0.353. The predicted octanol–water partition coefficient (Wildman–Crippen LogP) is 3.56. The molecule has 1 aromatic heterocycles. The van der Waals surface area contributed by atoms with E-state index >= 15 is 0 Å². The van der Waals surface area contributed by atoms with Gasteiger partial charge in [0.1, 0.15) is 5.69 Å². The van der Waals surface area contributed by atoms with E-state index in [0.29, 0.717) is 10.7 Å². The van der Waals surface area contributed by atoms with Gasteiger partial charge in [0.25, 0.3) is 5.91 Å². The summed E-state index contributed by atoms with van der Waals surface area (Å²) in [7, 11) is 0. The van der Waals surface area contributed by atoms with Gasteiger partial charge in [0.05, 0.1) is 5.02 Å². The molecule has 0 unspecified atom stereocenters. The van der Waals surface area contributed by atoms with Gasteiger partial charge in [-0.15, -0.1) is 0 Å². The molecule has 1 aromatic carbocycles. The third-order valence-electron chi connectivity index (χ3n) is 4.02. The number of H-pyrrole nitrogens is 1. The Balaban J connectivity index is 1.53. The second-order valence-corrected chi connectivity index (χ2v) is 6.12. The molecule has 1 fully saturated rings. The fourth-order valence-electron chi connectivity index (χ4n) is 2.75. The van der Waals surface area contributed by atoms with Crippen LogP contribution >= 0.6 is 11.6 Å². The van der Waals surface area contributed by atoms with Crippen molar-refractivity contribution in [2.45, 2.75) is 19.3 Å². The Kier molecular flexibility index (Phi) is 4.80. The predicted molar refractivity (Wildman–Crippen MR) is 89.6 cm³/mol. The molecular weight excluding hydrogens is 298 g/mol. The molecule has 0 bridgehead atoms. The Morgan fingerprint density at radius 1 is 1.23 bits per heavy atom. The maximum absolute atomic E-state index is 12.0. The monoisotopic (exact) mass is 317 g/mol. The Morgan fingerprint density at radius 3 is 2.59 bits per heavy atom. The van der Waals surface area contributed by atoms with Crippen molar-refractivity contribution < 1.29 is 4.79 Å². The molecule has 2 N–H and O–H groups in total. The number of rotatable bonds is 5. The lowest BCUT2D eigenvalue weighted by Gasteiger charge is -2.14. The zero-order valence-electron chi connectivity index (χ0n) is 12.4. The van der Waals surface area contributed by atoms with Gasteiger partial charge < -0.3 is 15.2 Å². The molecule has 2 aromatic rings. The maximum Gasteiger partial charge on any atom is 0.272 e. The fourth-order valence-corrected chi connectivity index (χ4v) is 2.91.